The summed E-state index contributed by atoms with van der Waals surface area (Å²) in [6.07, 6.45) is 4.40. The third-order valence-electron chi connectivity index (χ3n) is 2.95. The Balaban J connectivity index is 2.02. The van der Waals surface area contributed by atoms with Gasteiger partial charge in [0.05, 0.1) is 6.04 Å². The molecule has 1 amide bonds. The van der Waals surface area contributed by atoms with Gasteiger partial charge in [0.1, 0.15) is 6.10 Å². The molecule has 0 saturated carbocycles. The van der Waals surface area contributed by atoms with E-state index < -0.39 is 0 Å². The van der Waals surface area contributed by atoms with E-state index in [4.69, 9.17) is 4.74 Å². The highest BCUT2D eigenvalue weighted by molar-refractivity contribution is 5.71. The van der Waals surface area contributed by atoms with E-state index >= 15 is 0 Å². The van der Waals surface area contributed by atoms with Gasteiger partial charge in [-0.1, -0.05) is 50.3 Å². The van der Waals surface area contributed by atoms with Gasteiger partial charge in [-0.2, -0.15) is 0 Å². The minimum Gasteiger partial charge on any atom is -0.440 e. The minimum absolute atomic E-state index is 0.0810. The first kappa shape index (κ1) is 12.7. The lowest BCUT2D eigenvalue weighted by Gasteiger charge is -2.15. The second-order valence-electron chi connectivity index (χ2n) is 5.02. The maximum Gasteiger partial charge on any atom is 0.408 e. The van der Waals surface area contributed by atoms with Crippen molar-refractivity contribution >= 4 is 12.2 Å². The van der Waals surface area contributed by atoms with Gasteiger partial charge in [-0.05, 0) is 24.0 Å². The third kappa shape index (κ3) is 3.36. The predicted octanol–water partition coefficient (Wildman–Crippen LogP) is 3.22. The molecule has 0 spiro atoms. The molecule has 3 heteroatoms. The first-order valence-corrected chi connectivity index (χ1v) is 6.35. The number of hydrogen-bond acceptors (Lipinski definition) is 2. The van der Waals surface area contributed by atoms with Crippen LogP contribution in [0.4, 0.5) is 4.79 Å². The van der Waals surface area contributed by atoms with Crippen LogP contribution in [-0.4, -0.2) is 18.2 Å². The van der Waals surface area contributed by atoms with Crippen LogP contribution >= 0.6 is 0 Å². The minimum atomic E-state index is -0.316. The Bertz CT molecular complexity index is 425. The molecule has 1 aromatic carbocycles. The molecule has 0 aromatic heterocycles. The molecule has 18 heavy (non-hydrogen) atoms. The molecule has 1 aromatic rings. The Hall–Kier alpha value is -1.77. The molecule has 1 fully saturated rings. The number of alkyl carbamates (subject to hydrolysis) is 1. The van der Waals surface area contributed by atoms with E-state index in [0.717, 1.165) is 12.0 Å². The summed E-state index contributed by atoms with van der Waals surface area (Å²) in [6, 6.07) is 10.1. The smallest absolute Gasteiger partial charge is 0.408 e. The van der Waals surface area contributed by atoms with Crippen molar-refractivity contribution in [2.24, 2.45) is 5.92 Å². The van der Waals surface area contributed by atoms with Gasteiger partial charge in [-0.3, -0.25) is 0 Å². The molecular weight excluding hydrogens is 226 g/mol. The first-order chi connectivity index (χ1) is 8.65. The highest BCUT2D eigenvalue weighted by atomic mass is 16.6. The van der Waals surface area contributed by atoms with E-state index in [9.17, 15) is 4.79 Å². The van der Waals surface area contributed by atoms with Gasteiger partial charge in [0.2, 0.25) is 0 Å². The monoisotopic (exact) mass is 245 g/mol. The summed E-state index contributed by atoms with van der Waals surface area (Å²) in [7, 11) is 0. The van der Waals surface area contributed by atoms with E-state index in [1.807, 2.05) is 42.5 Å². The van der Waals surface area contributed by atoms with Crippen molar-refractivity contribution in [2.45, 2.75) is 32.4 Å². The zero-order chi connectivity index (χ0) is 13.0. The van der Waals surface area contributed by atoms with E-state index in [2.05, 4.69) is 19.2 Å². The van der Waals surface area contributed by atoms with E-state index in [1.54, 1.807) is 0 Å². The van der Waals surface area contributed by atoms with Crippen LogP contribution in [0.5, 0.6) is 0 Å². The lowest BCUT2D eigenvalue weighted by molar-refractivity contribution is 0.151. The van der Waals surface area contributed by atoms with Crippen LogP contribution in [-0.2, 0) is 4.74 Å². The number of carbonyl (C=O) groups excluding carboxylic acids is 1. The number of hydrogen-bond donors (Lipinski definition) is 1. The number of benzene rings is 1. The van der Waals surface area contributed by atoms with Gasteiger partial charge in [-0.25, -0.2) is 4.79 Å². The van der Waals surface area contributed by atoms with E-state index in [0.29, 0.717) is 5.92 Å². The van der Waals surface area contributed by atoms with Crippen LogP contribution in [0.15, 0.2) is 36.4 Å². The van der Waals surface area contributed by atoms with Crippen LogP contribution in [0, 0.1) is 5.92 Å². The van der Waals surface area contributed by atoms with Gasteiger partial charge >= 0.3 is 6.09 Å². The Morgan fingerprint density at radius 2 is 2.06 bits per heavy atom. The predicted molar refractivity (Wildman–Crippen MR) is 72.1 cm³/mol. The van der Waals surface area contributed by atoms with Crippen LogP contribution in [0.25, 0.3) is 6.08 Å². The number of cyclic esters (lactones) is 1. The molecule has 0 aliphatic carbocycles. The molecule has 1 N–H and O–H groups in total. The van der Waals surface area contributed by atoms with Crippen molar-refractivity contribution < 1.29 is 9.53 Å². The highest BCUT2D eigenvalue weighted by Gasteiger charge is 2.32. The van der Waals surface area contributed by atoms with Gasteiger partial charge in [0, 0.05) is 0 Å². The second-order valence-corrected chi connectivity index (χ2v) is 5.02. The lowest BCUT2D eigenvalue weighted by atomic mass is 9.99. The Labute approximate surface area is 108 Å². The summed E-state index contributed by atoms with van der Waals surface area (Å²) in [5.74, 6) is 0.532. The summed E-state index contributed by atoms with van der Waals surface area (Å²) in [6.45, 7) is 4.28. The molecule has 1 heterocycles. The second kappa shape index (κ2) is 5.71. The van der Waals surface area contributed by atoms with Crippen LogP contribution < -0.4 is 5.32 Å². The fraction of sp³-hybridized carbons (Fsp3) is 0.400. The zero-order valence-corrected chi connectivity index (χ0v) is 10.8. The first-order valence-electron chi connectivity index (χ1n) is 6.35. The molecule has 1 aliphatic rings. The van der Waals surface area contributed by atoms with Crippen LogP contribution in [0.3, 0.4) is 0 Å². The Morgan fingerprint density at radius 3 is 2.72 bits per heavy atom. The Morgan fingerprint density at radius 1 is 1.33 bits per heavy atom. The molecule has 1 aliphatic heterocycles. The van der Waals surface area contributed by atoms with E-state index in [-0.39, 0.29) is 18.2 Å². The molecular formula is C15H19NO2. The molecule has 2 atom stereocenters. The average Bonchev–Trinajstić information content (AvgIpc) is 2.67. The topological polar surface area (TPSA) is 38.3 Å². The quantitative estimate of drug-likeness (QED) is 0.884. The summed E-state index contributed by atoms with van der Waals surface area (Å²) >= 11 is 0. The fourth-order valence-electron chi connectivity index (χ4n) is 2.12. The average molecular weight is 245 g/mol. The molecule has 0 bridgehead atoms. The van der Waals surface area contributed by atoms with Gasteiger partial charge < -0.3 is 10.1 Å². The summed E-state index contributed by atoms with van der Waals surface area (Å²) < 4.78 is 5.26. The number of amides is 1. The molecule has 3 nitrogen and oxygen atoms in total. The molecule has 2 rings (SSSR count). The van der Waals surface area contributed by atoms with Gasteiger partial charge in [0.25, 0.3) is 0 Å². The number of nitrogens with one attached hydrogen (secondary N) is 1. The standard InChI is InChI=1S/C15H19NO2/c1-11(2)10-13-14(18-15(17)16-13)9-8-12-6-4-3-5-7-12/h3-9,11,13-14H,10H2,1-2H3,(H,16,17)/b9-8+/t13-,14?/m0/s1. The van der Waals surface area contributed by atoms with Crippen LogP contribution in [0.2, 0.25) is 0 Å². The van der Waals surface area contributed by atoms with E-state index in [1.165, 1.54) is 0 Å². The zero-order valence-electron chi connectivity index (χ0n) is 10.8. The maximum atomic E-state index is 11.3. The lowest BCUT2D eigenvalue weighted by Crippen LogP contribution is -2.31. The van der Waals surface area contributed by atoms with Gasteiger partial charge in [-0.15, -0.1) is 0 Å². The summed E-state index contributed by atoms with van der Waals surface area (Å²) in [5, 5.41) is 2.86. The number of ether oxygens (including phenoxy) is 1. The summed E-state index contributed by atoms with van der Waals surface area (Å²) in [5.41, 5.74) is 1.11. The highest BCUT2D eigenvalue weighted by Crippen LogP contribution is 2.18. The normalized spacial score (nSPS) is 23.4. The molecule has 0 radical (unpaired) electrons. The SMILES string of the molecule is CC(C)C[C@@H]1NC(=O)OC1/C=C/c1ccccc1. The Kier molecular flexibility index (Phi) is 4.03. The number of rotatable bonds is 4. The molecule has 1 saturated heterocycles. The van der Waals surface area contributed by atoms with Crippen molar-refractivity contribution in [3.8, 4) is 0 Å². The molecule has 1 unspecified atom stereocenters. The van der Waals surface area contributed by atoms with Crippen molar-refractivity contribution in [2.75, 3.05) is 0 Å². The summed E-state index contributed by atoms with van der Waals surface area (Å²) in [4.78, 5) is 11.3. The largest absolute Gasteiger partial charge is 0.440 e. The number of carbonyl (C=O) groups is 1. The van der Waals surface area contributed by atoms with Crippen molar-refractivity contribution in [1.82, 2.24) is 5.32 Å². The maximum absolute atomic E-state index is 11.3. The molecule has 96 valence electrons. The van der Waals surface area contributed by atoms with Crippen molar-refractivity contribution in [1.29, 1.82) is 0 Å². The van der Waals surface area contributed by atoms with Crippen molar-refractivity contribution in [3.63, 3.8) is 0 Å². The van der Waals surface area contributed by atoms with Crippen LogP contribution in [0.1, 0.15) is 25.8 Å². The van der Waals surface area contributed by atoms with Crippen molar-refractivity contribution in [3.05, 3.63) is 42.0 Å². The van der Waals surface area contributed by atoms with Gasteiger partial charge in [0.15, 0.2) is 0 Å². The fourth-order valence-corrected chi connectivity index (χ4v) is 2.12. The third-order valence-corrected chi connectivity index (χ3v) is 2.95.